The normalized spacial score (nSPS) is 14.2. The third-order valence-electron chi connectivity index (χ3n) is 14.3. The lowest BCUT2D eigenvalue weighted by atomic mass is 10.0. The van der Waals surface area contributed by atoms with Crippen molar-refractivity contribution < 1.29 is 32.9 Å². The second-order valence-electron chi connectivity index (χ2n) is 22.8. The van der Waals surface area contributed by atoms with Crippen molar-refractivity contribution in [3.63, 3.8) is 0 Å². The number of likely N-dealkylation sites (N-methyl/N-ethyl adjacent to an activating group) is 1. The van der Waals surface area contributed by atoms with Crippen molar-refractivity contribution in [1.82, 2.24) is 5.32 Å². The van der Waals surface area contributed by atoms with E-state index >= 15 is 0 Å². The summed E-state index contributed by atoms with van der Waals surface area (Å²) in [7, 11) is 1.63. The van der Waals surface area contributed by atoms with E-state index in [0.29, 0.717) is 23.9 Å². The van der Waals surface area contributed by atoms with Crippen molar-refractivity contribution in [1.29, 1.82) is 0 Å². The number of rotatable bonds is 58. The van der Waals surface area contributed by atoms with Gasteiger partial charge in [0.2, 0.25) is 5.91 Å². The molecule has 3 N–H and O–H groups in total. The molecule has 0 aliphatic carbocycles. The molecule has 8 nitrogen and oxygen atoms in total. The highest BCUT2D eigenvalue weighted by Gasteiger charge is 2.28. The molecular weight excluding hydrogens is 936 g/mol. The van der Waals surface area contributed by atoms with Crippen molar-refractivity contribution >= 4 is 13.7 Å². The summed E-state index contributed by atoms with van der Waals surface area (Å²) in [6.07, 6.45) is 76.0. The Morgan fingerprint density at radius 2 is 0.811 bits per heavy atom. The molecule has 0 aromatic rings. The lowest BCUT2D eigenvalue weighted by Crippen LogP contribution is -2.46. The third kappa shape index (κ3) is 57.9. The van der Waals surface area contributed by atoms with Crippen LogP contribution in [-0.4, -0.2) is 73.4 Å². The zero-order valence-corrected chi connectivity index (χ0v) is 50.5. The maximum absolute atomic E-state index is 13.0. The van der Waals surface area contributed by atoms with Gasteiger partial charge in [0.05, 0.1) is 39.9 Å². The van der Waals surface area contributed by atoms with Crippen LogP contribution in [0.5, 0.6) is 0 Å². The van der Waals surface area contributed by atoms with Crippen LogP contribution in [0, 0.1) is 0 Å². The molecule has 3 atom stereocenters. The smallest absolute Gasteiger partial charge is 0.391 e. The molecule has 1 amide bonds. The quantitative estimate of drug-likeness (QED) is 0.0243. The Labute approximate surface area is 460 Å². The lowest BCUT2D eigenvalue weighted by Gasteiger charge is -2.26. The topological polar surface area (TPSA) is 105 Å². The van der Waals surface area contributed by atoms with Crippen molar-refractivity contribution in [2.75, 3.05) is 40.9 Å². The first kappa shape index (κ1) is 72.2. The number of quaternary nitrogens is 1. The summed E-state index contributed by atoms with van der Waals surface area (Å²) in [5.74, 6) is -0.141. The van der Waals surface area contributed by atoms with E-state index in [1.54, 1.807) is 0 Å². The predicted octanol–water partition coefficient (Wildman–Crippen LogP) is 19.7. The van der Waals surface area contributed by atoms with Crippen LogP contribution < -0.4 is 5.32 Å². The average molecular weight is 1060 g/mol. The van der Waals surface area contributed by atoms with E-state index in [2.05, 4.69) is 79.9 Å². The fourth-order valence-corrected chi connectivity index (χ4v) is 10.1. The third-order valence-corrected chi connectivity index (χ3v) is 15.3. The van der Waals surface area contributed by atoms with Crippen molar-refractivity contribution in [2.45, 2.75) is 309 Å². The maximum Gasteiger partial charge on any atom is 0.472 e. The number of hydrogen-bond donors (Lipinski definition) is 3. The largest absolute Gasteiger partial charge is 0.472 e. The number of nitrogens with zero attached hydrogens (tertiary/aromatic N) is 1. The summed E-state index contributed by atoms with van der Waals surface area (Å²) >= 11 is 0. The fourth-order valence-electron chi connectivity index (χ4n) is 9.37. The van der Waals surface area contributed by atoms with Gasteiger partial charge in [-0.25, -0.2) is 4.57 Å². The Kier molecular flexibility index (Phi) is 54.6. The Hall–Kier alpha value is -1.80. The number of carbonyl (C=O) groups excluding carboxylic acids is 1. The lowest BCUT2D eigenvalue weighted by molar-refractivity contribution is -0.870. The molecule has 0 aromatic carbocycles. The highest BCUT2D eigenvalue weighted by molar-refractivity contribution is 7.47. The summed E-state index contributed by atoms with van der Waals surface area (Å²) < 4.78 is 23.8. The second-order valence-corrected chi connectivity index (χ2v) is 24.2. The Morgan fingerprint density at radius 1 is 0.473 bits per heavy atom. The van der Waals surface area contributed by atoms with E-state index in [1.807, 2.05) is 21.1 Å². The molecule has 0 spiro atoms. The molecule has 0 aliphatic heterocycles. The number of amides is 1. The van der Waals surface area contributed by atoms with Crippen LogP contribution in [0.4, 0.5) is 0 Å². The maximum atomic E-state index is 13.0. The molecule has 0 saturated carbocycles. The van der Waals surface area contributed by atoms with Crippen LogP contribution in [0.25, 0.3) is 0 Å². The van der Waals surface area contributed by atoms with Gasteiger partial charge in [0.15, 0.2) is 0 Å². The zero-order valence-electron chi connectivity index (χ0n) is 49.6. The minimum atomic E-state index is -4.32. The molecule has 0 bridgehead atoms. The summed E-state index contributed by atoms with van der Waals surface area (Å²) in [6.45, 7) is 4.79. The molecular formula is C65H124N2O6P+. The van der Waals surface area contributed by atoms with Gasteiger partial charge in [-0.2, -0.15) is 0 Å². The fraction of sp³-hybridized carbons (Fsp3) is 0.831. The van der Waals surface area contributed by atoms with Crippen LogP contribution in [0.15, 0.2) is 60.8 Å². The molecule has 0 aliphatic rings. The minimum Gasteiger partial charge on any atom is -0.391 e. The number of carbonyl (C=O) groups is 1. The molecule has 74 heavy (non-hydrogen) atoms. The summed E-state index contributed by atoms with van der Waals surface area (Å²) in [5.41, 5.74) is 0. The van der Waals surface area contributed by atoms with Gasteiger partial charge in [-0.05, 0) is 57.8 Å². The Bertz CT molecular complexity index is 1390. The average Bonchev–Trinajstić information content (AvgIpc) is 3.36. The molecule has 0 saturated heterocycles. The van der Waals surface area contributed by atoms with Gasteiger partial charge in [0, 0.05) is 6.42 Å². The Morgan fingerprint density at radius 3 is 1.19 bits per heavy atom. The van der Waals surface area contributed by atoms with Crippen LogP contribution >= 0.6 is 7.82 Å². The molecule has 434 valence electrons. The van der Waals surface area contributed by atoms with Gasteiger partial charge in [0.25, 0.3) is 0 Å². The van der Waals surface area contributed by atoms with E-state index in [9.17, 15) is 19.4 Å². The molecule has 0 fully saturated rings. The predicted molar refractivity (Wildman–Crippen MR) is 323 cm³/mol. The van der Waals surface area contributed by atoms with Gasteiger partial charge >= 0.3 is 7.82 Å². The van der Waals surface area contributed by atoms with Gasteiger partial charge in [-0.15, -0.1) is 0 Å². The Balaban J connectivity index is 3.87. The van der Waals surface area contributed by atoms with E-state index in [1.165, 1.54) is 199 Å². The van der Waals surface area contributed by atoms with Crippen molar-refractivity contribution in [2.24, 2.45) is 0 Å². The van der Waals surface area contributed by atoms with Gasteiger partial charge in [0.1, 0.15) is 13.2 Å². The first-order valence-corrected chi connectivity index (χ1v) is 33.1. The second kappa shape index (κ2) is 55.9. The number of hydrogen-bond acceptors (Lipinski definition) is 5. The molecule has 0 aromatic heterocycles. The number of phosphoric acid groups is 1. The van der Waals surface area contributed by atoms with Crippen LogP contribution in [0.3, 0.4) is 0 Å². The van der Waals surface area contributed by atoms with Gasteiger partial charge in [-0.3, -0.25) is 13.8 Å². The van der Waals surface area contributed by atoms with E-state index < -0.39 is 20.0 Å². The summed E-state index contributed by atoms with van der Waals surface area (Å²) in [6, 6.07) is -0.759. The highest BCUT2D eigenvalue weighted by Crippen LogP contribution is 2.43. The molecule has 0 radical (unpaired) electrons. The number of nitrogens with one attached hydrogen (secondary N) is 1. The first-order valence-electron chi connectivity index (χ1n) is 31.7. The number of aliphatic hydroxyl groups excluding tert-OH is 1. The number of allylic oxidation sites excluding steroid dienone is 10. The van der Waals surface area contributed by atoms with E-state index in [4.69, 9.17) is 9.05 Å². The molecule has 0 heterocycles. The van der Waals surface area contributed by atoms with Crippen molar-refractivity contribution in [3.05, 3.63) is 60.8 Å². The van der Waals surface area contributed by atoms with Crippen molar-refractivity contribution in [3.8, 4) is 0 Å². The van der Waals surface area contributed by atoms with E-state index in [-0.39, 0.29) is 19.1 Å². The molecule has 9 heteroatoms. The molecule has 3 unspecified atom stereocenters. The van der Waals surface area contributed by atoms with E-state index in [0.717, 1.165) is 70.6 Å². The standard InChI is InChI=1S/C65H123N2O6P/c1-6-8-10-12-14-16-18-20-21-22-23-24-25-26-27-28-29-30-31-32-33-34-35-36-37-38-39-40-41-42-43-44-45-47-49-51-53-55-57-59-65(69)66-63(62-73-74(70,71)72-61-60-67(3,4)5)64(68)58-56-54-52-50-48-46-19-17-15-13-11-9-7-2/h8,10,14,16,20-21,23-24,26-27,63-64,68H,6-7,9,11-13,15,17-19,22,25,28-62H2,1-5H3,(H-,66,69,70,71)/p+1/b10-8-,16-14-,21-20-,24-23-,27-26-. The van der Waals surface area contributed by atoms with Crippen LogP contribution in [0.2, 0.25) is 0 Å². The number of unbranched alkanes of at least 4 members (excludes halogenated alkanes) is 35. The number of aliphatic hydroxyl groups is 1. The first-order chi connectivity index (χ1) is 36.0. The monoisotopic (exact) mass is 1060 g/mol. The van der Waals surface area contributed by atoms with Gasteiger partial charge in [-0.1, -0.05) is 293 Å². The highest BCUT2D eigenvalue weighted by atomic mass is 31.2. The SMILES string of the molecule is CC/C=C\C/C=C\C/C=C\C/C=C\C/C=C\CCCCCCCCCCCCCCCCCCCCCCCCCC(=O)NC(COP(=O)(O)OCC[N+](C)(C)C)C(O)CCCCCCCCCCCCCCC. The molecule has 0 rings (SSSR count). The summed E-state index contributed by atoms with van der Waals surface area (Å²) in [5, 5.41) is 14.0. The van der Waals surface area contributed by atoms with Crippen LogP contribution in [-0.2, 0) is 18.4 Å². The minimum absolute atomic E-state index is 0.0758. The van der Waals surface area contributed by atoms with Crippen LogP contribution in [0.1, 0.15) is 296 Å². The van der Waals surface area contributed by atoms with Gasteiger partial charge < -0.3 is 19.8 Å². The summed E-state index contributed by atoms with van der Waals surface area (Å²) in [4.78, 5) is 23.3. The zero-order chi connectivity index (χ0) is 54.2. The number of phosphoric ester groups is 1.